The quantitative estimate of drug-likeness (QED) is 0.880. The van der Waals surface area contributed by atoms with Gasteiger partial charge in [0.2, 0.25) is 5.91 Å². The van der Waals surface area contributed by atoms with Crippen molar-refractivity contribution in [2.24, 2.45) is 5.41 Å². The van der Waals surface area contributed by atoms with Gasteiger partial charge in [-0.25, -0.2) is 4.98 Å². The van der Waals surface area contributed by atoms with Crippen LogP contribution < -0.4 is 0 Å². The van der Waals surface area contributed by atoms with Crippen molar-refractivity contribution in [3.05, 3.63) is 29.6 Å². The van der Waals surface area contributed by atoms with Crippen LogP contribution in [0.3, 0.4) is 0 Å². The standard InChI is InChI=1S/C20H28N4O2/c1-15-2-3-16-17(12-15)22-18(21-16)13-23-8-6-20(7-9-23)5-4-19(26)24(14-20)10-11-25/h2-3,12,25H,4-11,13-14H2,1H3,(H,21,22). The number of likely N-dealkylation sites (tertiary alicyclic amines) is 2. The molecular formula is C20H28N4O2. The van der Waals surface area contributed by atoms with Crippen molar-refractivity contribution < 1.29 is 9.90 Å². The Balaban J connectivity index is 1.37. The molecule has 1 amide bonds. The van der Waals surface area contributed by atoms with Crippen molar-refractivity contribution in [2.45, 2.75) is 39.2 Å². The number of aromatic amines is 1. The van der Waals surface area contributed by atoms with Crippen molar-refractivity contribution >= 4 is 16.9 Å². The molecule has 140 valence electrons. The molecule has 0 atom stereocenters. The molecule has 4 rings (SSSR count). The molecule has 0 radical (unpaired) electrons. The molecule has 2 saturated heterocycles. The lowest BCUT2D eigenvalue weighted by molar-refractivity contribution is -0.139. The molecular weight excluding hydrogens is 328 g/mol. The Morgan fingerprint density at radius 3 is 2.85 bits per heavy atom. The predicted molar refractivity (Wildman–Crippen MR) is 101 cm³/mol. The lowest BCUT2D eigenvalue weighted by Gasteiger charge is -2.47. The van der Waals surface area contributed by atoms with Crippen molar-refractivity contribution in [3.8, 4) is 0 Å². The molecule has 2 fully saturated rings. The number of β-amino-alcohol motifs (C(OH)–C–C–N with tert-alkyl or cyclic N) is 1. The van der Waals surface area contributed by atoms with E-state index in [2.05, 4.69) is 35.0 Å². The van der Waals surface area contributed by atoms with Gasteiger partial charge in [-0.1, -0.05) is 6.07 Å². The molecule has 3 heterocycles. The number of H-pyrrole nitrogens is 1. The lowest BCUT2D eigenvalue weighted by atomic mass is 9.72. The number of benzene rings is 1. The van der Waals surface area contributed by atoms with Crippen LogP contribution in [0.25, 0.3) is 11.0 Å². The molecule has 1 aromatic heterocycles. The van der Waals surface area contributed by atoms with Crippen LogP contribution in [0.5, 0.6) is 0 Å². The fraction of sp³-hybridized carbons (Fsp3) is 0.600. The molecule has 2 aliphatic rings. The highest BCUT2D eigenvalue weighted by atomic mass is 16.3. The van der Waals surface area contributed by atoms with Gasteiger partial charge in [0.05, 0.1) is 24.2 Å². The van der Waals surface area contributed by atoms with Crippen LogP contribution in [0.2, 0.25) is 0 Å². The lowest BCUT2D eigenvalue weighted by Crippen LogP contribution is -2.51. The highest BCUT2D eigenvalue weighted by molar-refractivity contribution is 5.77. The average molecular weight is 356 g/mol. The van der Waals surface area contributed by atoms with Crippen LogP contribution in [-0.4, -0.2) is 63.6 Å². The highest BCUT2D eigenvalue weighted by Crippen LogP contribution is 2.40. The summed E-state index contributed by atoms with van der Waals surface area (Å²) in [6.07, 6.45) is 3.84. The van der Waals surface area contributed by atoms with Gasteiger partial charge in [0.1, 0.15) is 5.82 Å². The van der Waals surface area contributed by atoms with E-state index in [0.29, 0.717) is 13.0 Å². The smallest absolute Gasteiger partial charge is 0.222 e. The van der Waals surface area contributed by atoms with Gasteiger partial charge in [-0.2, -0.15) is 0 Å². The third kappa shape index (κ3) is 3.48. The summed E-state index contributed by atoms with van der Waals surface area (Å²) in [6.45, 7) is 6.36. The molecule has 2 aromatic rings. The number of nitrogens with zero attached hydrogens (tertiary/aromatic N) is 3. The number of imidazole rings is 1. The minimum atomic E-state index is 0.0550. The number of carbonyl (C=O) groups excluding carboxylic acids is 1. The van der Waals surface area contributed by atoms with E-state index in [0.717, 1.165) is 62.3 Å². The minimum absolute atomic E-state index is 0.0550. The van der Waals surface area contributed by atoms with E-state index in [9.17, 15) is 9.90 Å². The Morgan fingerprint density at radius 1 is 1.27 bits per heavy atom. The van der Waals surface area contributed by atoms with Crippen molar-refractivity contribution in [1.82, 2.24) is 19.8 Å². The van der Waals surface area contributed by atoms with Crippen LogP contribution in [0.1, 0.15) is 37.1 Å². The fourth-order valence-corrected chi connectivity index (χ4v) is 4.48. The Bertz CT molecular complexity index is 792. The number of hydrogen-bond donors (Lipinski definition) is 2. The van der Waals surface area contributed by atoms with Crippen LogP contribution in [0.4, 0.5) is 0 Å². The first-order valence-corrected chi connectivity index (χ1v) is 9.63. The normalized spacial score (nSPS) is 21.0. The van der Waals surface area contributed by atoms with E-state index in [1.165, 1.54) is 5.56 Å². The first kappa shape index (κ1) is 17.5. The van der Waals surface area contributed by atoms with E-state index < -0.39 is 0 Å². The maximum absolute atomic E-state index is 12.0. The minimum Gasteiger partial charge on any atom is -0.395 e. The second kappa shape index (κ2) is 7.00. The van der Waals surface area contributed by atoms with Gasteiger partial charge in [-0.3, -0.25) is 9.69 Å². The summed E-state index contributed by atoms with van der Waals surface area (Å²) in [5.74, 6) is 1.23. The maximum atomic E-state index is 12.0. The zero-order valence-corrected chi connectivity index (χ0v) is 15.5. The second-order valence-electron chi connectivity index (χ2n) is 8.02. The van der Waals surface area contributed by atoms with Crippen LogP contribution in [0, 0.1) is 12.3 Å². The van der Waals surface area contributed by atoms with Gasteiger partial charge in [-0.15, -0.1) is 0 Å². The molecule has 0 bridgehead atoms. The van der Waals surface area contributed by atoms with Crippen LogP contribution in [0.15, 0.2) is 18.2 Å². The van der Waals surface area contributed by atoms with Crippen LogP contribution in [-0.2, 0) is 11.3 Å². The van der Waals surface area contributed by atoms with Gasteiger partial charge >= 0.3 is 0 Å². The number of aromatic nitrogens is 2. The van der Waals surface area contributed by atoms with Gasteiger partial charge < -0.3 is 15.0 Å². The predicted octanol–water partition coefficient (Wildman–Crippen LogP) is 2.07. The monoisotopic (exact) mass is 356 g/mol. The summed E-state index contributed by atoms with van der Waals surface area (Å²) in [5, 5.41) is 9.19. The fourth-order valence-electron chi connectivity index (χ4n) is 4.48. The Morgan fingerprint density at radius 2 is 2.08 bits per heavy atom. The van der Waals surface area contributed by atoms with Crippen molar-refractivity contribution in [1.29, 1.82) is 0 Å². The highest BCUT2D eigenvalue weighted by Gasteiger charge is 2.40. The number of aryl methyl sites for hydroxylation is 1. The summed E-state index contributed by atoms with van der Waals surface area (Å²) in [7, 11) is 0. The largest absolute Gasteiger partial charge is 0.395 e. The van der Waals surface area contributed by atoms with Gasteiger partial charge in [-0.05, 0) is 62.4 Å². The summed E-state index contributed by atoms with van der Waals surface area (Å²) in [5.41, 5.74) is 3.63. The van der Waals surface area contributed by atoms with Crippen LogP contribution >= 0.6 is 0 Å². The average Bonchev–Trinajstić information content (AvgIpc) is 3.02. The molecule has 2 aliphatic heterocycles. The maximum Gasteiger partial charge on any atom is 0.222 e. The van der Waals surface area contributed by atoms with Gasteiger partial charge in [0, 0.05) is 19.5 Å². The topological polar surface area (TPSA) is 72.5 Å². The third-order valence-electron chi connectivity index (χ3n) is 6.09. The number of carbonyl (C=O) groups is 1. The molecule has 1 aromatic carbocycles. The molecule has 6 nitrogen and oxygen atoms in total. The number of rotatable bonds is 4. The van der Waals surface area contributed by atoms with E-state index in [-0.39, 0.29) is 17.9 Å². The molecule has 0 saturated carbocycles. The zero-order chi connectivity index (χ0) is 18.1. The number of fused-ring (bicyclic) bond motifs is 1. The van der Waals surface area contributed by atoms with E-state index in [1.807, 2.05) is 4.90 Å². The summed E-state index contributed by atoms with van der Waals surface area (Å²) in [4.78, 5) is 24.5. The number of amides is 1. The van der Waals surface area contributed by atoms with E-state index >= 15 is 0 Å². The molecule has 0 unspecified atom stereocenters. The number of hydrogen-bond acceptors (Lipinski definition) is 4. The number of aliphatic hydroxyl groups is 1. The van der Waals surface area contributed by atoms with Crippen molar-refractivity contribution in [3.63, 3.8) is 0 Å². The Hall–Kier alpha value is -1.92. The van der Waals surface area contributed by atoms with E-state index in [4.69, 9.17) is 4.98 Å². The van der Waals surface area contributed by atoms with Gasteiger partial charge in [0.25, 0.3) is 0 Å². The number of nitrogens with one attached hydrogen (secondary N) is 1. The number of piperidine rings is 2. The molecule has 0 aliphatic carbocycles. The zero-order valence-electron chi connectivity index (χ0n) is 15.5. The van der Waals surface area contributed by atoms with E-state index in [1.54, 1.807) is 0 Å². The summed E-state index contributed by atoms with van der Waals surface area (Å²) in [6, 6.07) is 6.32. The molecule has 6 heteroatoms. The third-order valence-corrected chi connectivity index (χ3v) is 6.09. The van der Waals surface area contributed by atoms with Crippen molar-refractivity contribution in [2.75, 3.05) is 32.8 Å². The Labute approximate surface area is 154 Å². The molecule has 1 spiro atoms. The summed E-state index contributed by atoms with van der Waals surface area (Å²) < 4.78 is 0. The van der Waals surface area contributed by atoms with Gasteiger partial charge in [0.15, 0.2) is 0 Å². The SMILES string of the molecule is Cc1ccc2nc(CN3CCC4(CCC(=O)N(CCO)C4)CC3)[nH]c2c1. The second-order valence-corrected chi connectivity index (χ2v) is 8.02. The number of aliphatic hydroxyl groups excluding tert-OH is 1. The molecule has 2 N–H and O–H groups in total. The first-order chi connectivity index (χ1) is 12.6. The first-order valence-electron chi connectivity index (χ1n) is 9.63. The Kier molecular flexibility index (Phi) is 4.71. The summed E-state index contributed by atoms with van der Waals surface area (Å²) >= 11 is 0. The molecule has 26 heavy (non-hydrogen) atoms.